The summed E-state index contributed by atoms with van der Waals surface area (Å²) in [6.07, 6.45) is 0. The minimum Gasteiger partial charge on any atom is -0.465 e. The van der Waals surface area contributed by atoms with E-state index in [0.29, 0.717) is 28.0 Å². The number of fused-ring (bicyclic) bond motifs is 1. The molecule has 3 aromatic rings. The van der Waals surface area contributed by atoms with Crippen LogP contribution in [0.5, 0.6) is 0 Å². The van der Waals surface area contributed by atoms with Crippen molar-refractivity contribution in [3.8, 4) is 0 Å². The fourth-order valence-electron chi connectivity index (χ4n) is 2.98. The van der Waals surface area contributed by atoms with Gasteiger partial charge in [-0.1, -0.05) is 12.1 Å². The number of rotatable bonds is 6. The average molecular weight is 403 g/mol. The Morgan fingerprint density at radius 2 is 1.86 bits per heavy atom. The first kappa shape index (κ1) is 19.9. The maximum Gasteiger partial charge on any atom is 0.342 e. The second-order valence-electron chi connectivity index (χ2n) is 6.41. The molecule has 0 aliphatic heterocycles. The predicted molar refractivity (Wildman–Crippen MR) is 105 cm³/mol. The summed E-state index contributed by atoms with van der Waals surface area (Å²) >= 11 is 0. The number of furan rings is 1. The van der Waals surface area contributed by atoms with Crippen molar-refractivity contribution in [3.05, 3.63) is 58.8 Å². The number of hydrogen-bond donors (Lipinski definition) is 1. The first-order valence-corrected chi connectivity index (χ1v) is 9.98. The number of esters is 1. The van der Waals surface area contributed by atoms with Gasteiger partial charge in [0.1, 0.15) is 23.5 Å². The first-order chi connectivity index (χ1) is 13.3. The van der Waals surface area contributed by atoms with Crippen molar-refractivity contribution in [2.24, 2.45) is 0 Å². The molecule has 1 heterocycles. The van der Waals surface area contributed by atoms with E-state index < -0.39 is 16.0 Å². The van der Waals surface area contributed by atoms with E-state index in [1.54, 1.807) is 37.3 Å². The highest BCUT2D eigenvalue weighted by molar-refractivity contribution is 7.92. The van der Waals surface area contributed by atoms with Crippen molar-refractivity contribution in [3.63, 3.8) is 0 Å². The van der Waals surface area contributed by atoms with Gasteiger partial charge in [-0.3, -0.25) is 4.72 Å². The number of anilines is 1. The van der Waals surface area contributed by atoms with Gasteiger partial charge in [0.15, 0.2) is 0 Å². The molecule has 0 amide bonds. The SMILES string of the molecule is COCc1oc2ccc(NS(=O)(=O)c3cc(C)ccc3C)cc2c1C(=O)OC. The Bertz CT molecular complexity index is 1150. The standard InChI is InChI=1S/C20H21NO6S/c1-12-5-6-13(2)18(9-12)28(23,24)21-14-7-8-16-15(10-14)19(20(22)26-4)17(27-16)11-25-3/h5-10,21H,11H2,1-4H3. The summed E-state index contributed by atoms with van der Waals surface area (Å²) in [4.78, 5) is 12.4. The van der Waals surface area contributed by atoms with Crippen LogP contribution in [0.15, 0.2) is 45.7 Å². The van der Waals surface area contributed by atoms with Crippen LogP contribution in [0.3, 0.4) is 0 Å². The van der Waals surface area contributed by atoms with E-state index in [1.165, 1.54) is 14.2 Å². The monoisotopic (exact) mass is 403 g/mol. The number of nitrogens with one attached hydrogen (secondary N) is 1. The summed E-state index contributed by atoms with van der Waals surface area (Å²) in [5, 5.41) is 0.445. The quantitative estimate of drug-likeness (QED) is 0.630. The molecule has 3 rings (SSSR count). The van der Waals surface area contributed by atoms with Crippen LogP contribution in [0, 0.1) is 13.8 Å². The zero-order chi connectivity index (χ0) is 20.5. The van der Waals surface area contributed by atoms with Crippen molar-refractivity contribution in [2.45, 2.75) is 25.3 Å². The Morgan fingerprint density at radius 1 is 1.11 bits per heavy atom. The topological polar surface area (TPSA) is 94.8 Å². The Hall–Kier alpha value is -2.84. The highest BCUT2D eigenvalue weighted by Gasteiger charge is 2.23. The molecule has 148 valence electrons. The number of methoxy groups -OCH3 is 2. The minimum atomic E-state index is -3.80. The first-order valence-electron chi connectivity index (χ1n) is 8.49. The van der Waals surface area contributed by atoms with Crippen LogP contribution in [-0.2, 0) is 26.1 Å². The highest BCUT2D eigenvalue weighted by Crippen LogP contribution is 2.31. The van der Waals surface area contributed by atoms with Gasteiger partial charge >= 0.3 is 5.97 Å². The third kappa shape index (κ3) is 3.74. The largest absolute Gasteiger partial charge is 0.465 e. The van der Waals surface area contributed by atoms with Crippen molar-refractivity contribution in [1.82, 2.24) is 0 Å². The lowest BCUT2D eigenvalue weighted by Crippen LogP contribution is -2.14. The molecule has 0 fully saturated rings. The number of carbonyl (C=O) groups is 1. The molecular formula is C20H21NO6S. The van der Waals surface area contributed by atoms with E-state index in [1.807, 2.05) is 13.0 Å². The van der Waals surface area contributed by atoms with Gasteiger partial charge in [-0.15, -0.1) is 0 Å². The molecule has 0 radical (unpaired) electrons. The van der Waals surface area contributed by atoms with E-state index >= 15 is 0 Å². The van der Waals surface area contributed by atoms with Gasteiger partial charge in [0.25, 0.3) is 10.0 Å². The molecule has 0 saturated carbocycles. The van der Waals surface area contributed by atoms with Crippen molar-refractivity contribution in [2.75, 3.05) is 18.9 Å². The van der Waals surface area contributed by atoms with Crippen molar-refractivity contribution < 1.29 is 27.1 Å². The van der Waals surface area contributed by atoms with E-state index in [9.17, 15) is 13.2 Å². The molecule has 0 saturated heterocycles. The molecule has 2 aromatic carbocycles. The smallest absolute Gasteiger partial charge is 0.342 e. The van der Waals surface area contributed by atoms with Gasteiger partial charge < -0.3 is 13.9 Å². The van der Waals surface area contributed by atoms with Crippen molar-refractivity contribution in [1.29, 1.82) is 0 Å². The maximum absolute atomic E-state index is 12.8. The lowest BCUT2D eigenvalue weighted by atomic mass is 10.1. The van der Waals surface area contributed by atoms with Crippen molar-refractivity contribution >= 4 is 32.6 Å². The summed E-state index contributed by atoms with van der Waals surface area (Å²) in [6, 6.07) is 9.95. The maximum atomic E-state index is 12.8. The molecule has 7 nitrogen and oxygen atoms in total. The second-order valence-corrected chi connectivity index (χ2v) is 8.06. The number of aryl methyl sites for hydroxylation is 2. The molecule has 0 aliphatic rings. The average Bonchev–Trinajstić information content (AvgIpc) is 3.00. The van der Waals surface area contributed by atoms with Crippen LogP contribution >= 0.6 is 0 Å². The minimum absolute atomic E-state index is 0.0860. The molecule has 8 heteroatoms. The molecule has 0 spiro atoms. The molecule has 0 atom stereocenters. The number of hydrogen-bond acceptors (Lipinski definition) is 6. The third-order valence-corrected chi connectivity index (χ3v) is 5.83. The molecule has 1 aromatic heterocycles. The van der Waals surface area contributed by atoms with Gasteiger partial charge in [-0.2, -0.15) is 0 Å². The zero-order valence-electron chi connectivity index (χ0n) is 16.0. The lowest BCUT2D eigenvalue weighted by Gasteiger charge is -2.11. The Balaban J connectivity index is 2.07. The third-order valence-electron chi connectivity index (χ3n) is 4.31. The van der Waals surface area contributed by atoms with E-state index in [4.69, 9.17) is 13.9 Å². The summed E-state index contributed by atoms with van der Waals surface area (Å²) < 4.78 is 43.8. The second kappa shape index (κ2) is 7.65. The van der Waals surface area contributed by atoms with E-state index in [-0.39, 0.29) is 17.1 Å². The molecular weight excluding hydrogens is 382 g/mol. The van der Waals surface area contributed by atoms with Crippen LogP contribution in [0.25, 0.3) is 11.0 Å². The summed E-state index contributed by atoms with van der Waals surface area (Å²) in [5.74, 6) is -0.265. The highest BCUT2D eigenvalue weighted by atomic mass is 32.2. The number of benzene rings is 2. The zero-order valence-corrected chi connectivity index (χ0v) is 16.8. The molecule has 0 unspecified atom stereocenters. The Labute approximate surface area is 163 Å². The van der Waals surface area contributed by atoms with Crippen LogP contribution in [-0.4, -0.2) is 28.6 Å². The summed E-state index contributed by atoms with van der Waals surface area (Å²) in [7, 11) is -1.05. The van der Waals surface area contributed by atoms with Gasteiger partial charge in [0.2, 0.25) is 0 Å². The van der Waals surface area contributed by atoms with Gasteiger partial charge in [-0.05, 0) is 49.2 Å². The molecule has 0 aliphatic carbocycles. The summed E-state index contributed by atoms with van der Waals surface area (Å²) in [6.45, 7) is 3.65. The molecule has 28 heavy (non-hydrogen) atoms. The summed E-state index contributed by atoms with van der Waals surface area (Å²) in [5.41, 5.74) is 2.44. The number of carbonyl (C=O) groups excluding carboxylic acids is 1. The molecule has 1 N–H and O–H groups in total. The van der Waals surface area contributed by atoms with E-state index in [2.05, 4.69) is 4.72 Å². The normalized spacial score (nSPS) is 11.6. The number of sulfonamides is 1. The van der Waals surface area contributed by atoms with Crippen LogP contribution in [0.4, 0.5) is 5.69 Å². The lowest BCUT2D eigenvalue weighted by molar-refractivity contribution is 0.0594. The Kier molecular flexibility index (Phi) is 5.44. The number of ether oxygens (including phenoxy) is 2. The van der Waals surface area contributed by atoms with Crippen LogP contribution < -0.4 is 4.72 Å². The fourth-order valence-corrected chi connectivity index (χ4v) is 4.36. The Morgan fingerprint density at radius 3 is 2.54 bits per heavy atom. The van der Waals surface area contributed by atoms with E-state index in [0.717, 1.165) is 5.56 Å². The van der Waals surface area contributed by atoms with Gasteiger partial charge in [0, 0.05) is 18.2 Å². The molecule has 0 bridgehead atoms. The van der Waals surface area contributed by atoms with Crippen LogP contribution in [0.1, 0.15) is 27.2 Å². The van der Waals surface area contributed by atoms with Gasteiger partial charge in [0.05, 0.1) is 12.0 Å². The predicted octanol–water partition coefficient (Wildman–Crippen LogP) is 3.78. The van der Waals surface area contributed by atoms with Gasteiger partial charge in [-0.25, -0.2) is 13.2 Å². The fraction of sp³-hybridized carbons (Fsp3) is 0.250. The van der Waals surface area contributed by atoms with Crippen LogP contribution in [0.2, 0.25) is 0 Å².